The van der Waals surface area contributed by atoms with Crippen molar-refractivity contribution < 1.29 is 19.4 Å². The molecule has 0 radical (unpaired) electrons. The van der Waals surface area contributed by atoms with Gasteiger partial charge in [-0.15, -0.1) is 0 Å². The van der Waals surface area contributed by atoms with Crippen LogP contribution in [0.1, 0.15) is 37.2 Å². The lowest BCUT2D eigenvalue weighted by Crippen LogP contribution is -2.41. The zero-order valence-electron chi connectivity index (χ0n) is 11.5. The van der Waals surface area contributed by atoms with Crippen LogP contribution in [0.15, 0.2) is 24.3 Å². The minimum atomic E-state index is -0.729. The van der Waals surface area contributed by atoms with Gasteiger partial charge in [-0.1, -0.05) is 18.2 Å². The van der Waals surface area contributed by atoms with Gasteiger partial charge in [0.05, 0.1) is 18.6 Å². The highest BCUT2D eigenvalue weighted by Gasteiger charge is 2.43. The third-order valence-corrected chi connectivity index (χ3v) is 4.50. The minimum Gasteiger partial charge on any atom is -0.493 e. The molecule has 2 aliphatic rings. The Morgan fingerprint density at radius 1 is 1.35 bits per heavy atom. The van der Waals surface area contributed by atoms with E-state index in [0.717, 1.165) is 24.2 Å². The van der Waals surface area contributed by atoms with Gasteiger partial charge in [0.25, 0.3) is 0 Å². The van der Waals surface area contributed by atoms with Crippen LogP contribution < -0.4 is 4.74 Å². The summed E-state index contributed by atoms with van der Waals surface area (Å²) in [6, 6.07) is 7.97. The third kappa shape index (κ3) is 2.40. The molecule has 108 valence electrons. The lowest BCUT2D eigenvalue weighted by Gasteiger charge is -2.37. The maximum Gasteiger partial charge on any atom is 0.312 e. The molecule has 1 saturated heterocycles. The van der Waals surface area contributed by atoms with E-state index in [1.165, 1.54) is 0 Å². The standard InChI is InChI=1S/C16H20O4/c17-15(18)16(7-3-8-19-11-16)10-12-6-9-20-14-5-2-1-4-13(12)14/h1-2,4-5,12H,3,6-11H2,(H,17,18). The summed E-state index contributed by atoms with van der Waals surface area (Å²) in [5.41, 5.74) is 0.415. The lowest BCUT2D eigenvalue weighted by atomic mass is 9.72. The molecule has 2 aliphatic heterocycles. The number of carboxylic acid groups (broad SMARTS) is 1. The van der Waals surface area contributed by atoms with Crippen molar-refractivity contribution in [3.63, 3.8) is 0 Å². The Bertz CT molecular complexity index is 491. The van der Waals surface area contributed by atoms with Crippen LogP contribution in [0.2, 0.25) is 0 Å². The molecule has 1 N–H and O–H groups in total. The van der Waals surface area contributed by atoms with Gasteiger partial charge in [0.1, 0.15) is 5.75 Å². The number of para-hydroxylation sites is 1. The second kappa shape index (κ2) is 5.44. The lowest BCUT2D eigenvalue weighted by molar-refractivity contribution is -0.158. The van der Waals surface area contributed by atoms with Crippen LogP contribution in [-0.2, 0) is 9.53 Å². The Labute approximate surface area is 118 Å². The molecular weight excluding hydrogens is 256 g/mol. The van der Waals surface area contributed by atoms with E-state index in [1.54, 1.807) is 0 Å². The molecular formula is C16H20O4. The van der Waals surface area contributed by atoms with E-state index >= 15 is 0 Å². The van der Waals surface area contributed by atoms with E-state index < -0.39 is 11.4 Å². The number of benzene rings is 1. The summed E-state index contributed by atoms with van der Waals surface area (Å²) in [6.07, 6.45) is 3.06. The zero-order chi connectivity index (χ0) is 14.0. The molecule has 3 rings (SSSR count). The van der Waals surface area contributed by atoms with Crippen molar-refractivity contribution in [2.75, 3.05) is 19.8 Å². The first-order valence-corrected chi connectivity index (χ1v) is 7.24. The fraction of sp³-hybridized carbons (Fsp3) is 0.562. The van der Waals surface area contributed by atoms with Gasteiger partial charge >= 0.3 is 5.97 Å². The van der Waals surface area contributed by atoms with Gasteiger partial charge < -0.3 is 14.6 Å². The van der Waals surface area contributed by atoms with Gasteiger partial charge in [0, 0.05) is 6.61 Å². The van der Waals surface area contributed by atoms with E-state index in [0.29, 0.717) is 32.7 Å². The van der Waals surface area contributed by atoms with Crippen LogP contribution in [0, 0.1) is 5.41 Å². The number of carbonyl (C=O) groups is 1. The van der Waals surface area contributed by atoms with Crippen molar-refractivity contribution in [3.8, 4) is 5.75 Å². The van der Waals surface area contributed by atoms with Gasteiger partial charge in [-0.2, -0.15) is 0 Å². The van der Waals surface area contributed by atoms with Crippen LogP contribution in [-0.4, -0.2) is 30.9 Å². The van der Waals surface area contributed by atoms with Crippen LogP contribution in [0.3, 0.4) is 0 Å². The molecule has 4 heteroatoms. The number of fused-ring (bicyclic) bond motifs is 1. The normalized spacial score (nSPS) is 29.3. The molecule has 2 atom stereocenters. The highest BCUT2D eigenvalue weighted by molar-refractivity contribution is 5.75. The number of hydrogen-bond acceptors (Lipinski definition) is 3. The summed E-state index contributed by atoms with van der Waals surface area (Å²) in [7, 11) is 0. The second-order valence-electron chi connectivity index (χ2n) is 5.82. The maximum atomic E-state index is 11.8. The van der Waals surface area contributed by atoms with Crippen LogP contribution >= 0.6 is 0 Å². The van der Waals surface area contributed by atoms with E-state index in [-0.39, 0.29) is 5.92 Å². The Morgan fingerprint density at radius 3 is 2.95 bits per heavy atom. The molecule has 2 heterocycles. The fourth-order valence-corrected chi connectivity index (χ4v) is 3.37. The Balaban J connectivity index is 1.85. The molecule has 0 saturated carbocycles. The molecule has 2 unspecified atom stereocenters. The largest absolute Gasteiger partial charge is 0.493 e. The van der Waals surface area contributed by atoms with E-state index in [9.17, 15) is 9.90 Å². The van der Waals surface area contributed by atoms with Gasteiger partial charge in [0.15, 0.2) is 0 Å². The van der Waals surface area contributed by atoms with E-state index in [2.05, 4.69) is 6.07 Å². The van der Waals surface area contributed by atoms with Gasteiger partial charge in [-0.3, -0.25) is 4.79 Å². The van der Waals surface area contributed by atoms with Crippen LogP contribution in [0.4, 0.5) is 0 Å². The summed E-state index contributed by atoms with van der Waals surface area (Å²) < 4.78 is 11.1. The molecule has 0 bridgehead atoms. The maximum absolute atomic E-state index is 11.8. The molecule has 20 heavy (non-hydrogen) atoms. The van der Waals surface area contributed by atoms with Gasteiger partial charge in [-0.05, 0) is 43.2 Å². The molecule has 0 aliphatic carbocycles. The first-order valence-electron chi connectivity index (χ1n) is 7.24. The monoisotopic (exact) mass is 276 g/mol. The molecule has 4 nitrogen and oxygen atoms in total. The highest BCUT2D eigenvalue weighted by Crippen LogP contribution is 2.44. The summed E-state index contributed by atoms with van der Waals surface area (Å²) in [6.45, 7) is 1.68. The van der Waals surface area contributed by atoms with Crippen molar-refractivity contribution in [1.82, 2.24) is 0 Å². The summed E-state index contributed by atoms with van der Waals surface area (Å²) >= 11 is 0. The minimum absolute atomic E-state index is 0.248. The van der Waals surface area contributed by atoms with Crippen molar-refractivity contribution in [3.05, 3.63) is 29.8 Å². The van der Waals surface area contributed by atoms with Crippen molar-refractivity contribution >= 4 is 5.97 Å². The molecule has 1 aromatic rings. The van der Waals surface area contributed by atoms with Crippen molar-refractivity contribution in [2.24, 2.45) is 5.41 Å². The Morgan fingerprint density at radius 2 is 2.20 bits per heavy atom. The fourth-order valence-electron chi connectivity index (χ4n) is 3.37. The molecule has 1 aromatic carbocycles. The Hall–Kier alpha value is -1.55. The Kier molecular flexibility index (Phi) is 3.66. The molecule has 1 fully saturated rings. The van der Waals surface area contributed by atoms with Crippen molar-refractivity contribution in [2.45, 2.75) is 31.6 Å². The number of rotatable bonds is 3. The predicted molar refractivity (Wildman–Crippen MR) is 74.0 cm³/mol. The topological polar surface area (TPSA) is 55.8 Å². The summed E-state index contributed by atoms with van der Waals surface area (Å²) in [4.78, 5) is 11.8. The second-order valence-corrected chi connectivity index (χ2v) is 5.82. The number of aliphatic carboxylic acids is 1. The highest BCUT2D eigenvalue weighted by atomic mass is 16.5. The molecule has 0 amide bonds. The van der Waals surface area contributed by atoms with Gasteiger partial charge in [-0.25, -0.2) is 0 Å². The van der Waals surface area contributed by atoms with E-state index in [4.69, 9.17) is 9.47 Å². The average molecular weight is 276 g/mol. The third-order valence-electron chi connectivity index (χ3n) is 4.50. The average Bonchev–Trinajstić information content (AvgIpc) is 2.48. The van der Waals surface area contributed by atoms with Gasteiger partial charge in [0.2, 0.25) is 0 Å². The molecule has 0 spiro atoms. The summed E-state index contributed by atoms with van der Waals surface area (Å²) in [5.74, 6) is 0.430. The summed E-state index contributed by atoms with van der Waals surface area (Å²) in [5, 5.41) is 9.66. The van der Waals surface area contributed by atoms with Crippen LogP contribution in [0.25, 0.3) is 0 Å². The number of ether oxygens (including phenoxy) is 2. The zero-order valence-corrected chi connectivity index (χ0v) is 11.5. The first-order chi connectivity index (χ1) is 9.71. The smallest absolute Gasteiger partial charge is 0.312 e. The van der Waals surface area contributed by atoms with E-state index in [1.807, 2.05) is 18.2 Å². The quantitative estimate of drug-likeness (QED) is 0.922. The number of carboxylic acids is 1. The first kappa shape index (κ1) is 13.4. The SMILES string of the molecule is O=C(O)C1(CC2CCOc3ccccc32)CCCOC1. The predicted octanol–water partition coefficient (Wildman–Crippen LogP) is 2.82. The van der Waals surface area contributed by atoms with Crippen LogP contribution in [0.5, 0.6) is 5.75 Å². The molecule has 0 aromatic heterocycles. The van der Waals surface area contributed by atoms with Crippen molar-refractivity contribution in [1.29, 1.82) is 0 Å². The number of hydrogen-bond donors (Lipinski definition) is 1.